The molecule has 1 heterocycles. The van der Waals surface area contributed by atoms with E-state index in [1.165, 1.54) is 5.56 Å². The highest BCUT2D eigenvalue weighted by Crippen LogP contribution is 2.22. The molecular weight excluding hydrogens is 308 g/mol. The Balaban J connectivity index is 1.56. The molecule has 23 heavy (non-hydrogen) atoms. The lowest BCUT2D eigenvalue weighted by Crippen LogP contribution is -2.42. The molecule has 2 N–H and O–H groups in total. The highest BCUT2D eigenvalue weighted by molar-refractivity contribution is 7.80. The Morgan fingerprint density at radius 3 is 2.74 bits per heavy atom. The van der Waals surface area contributed by atoms with Crippen molar-refractivity contribution >= 4 is 29.0 Å². The fourth-order valence-corrected chi connectivity index (χ4v) is 2.84. The summed E-state index contributed by atoms with van der Waals surface area (Å²) in [6, 6.07) is 17.4. The second-order valence-electron chi connectivity index (χ2n) is 5.44. The van der Waals surface area contributed by atoms with Crippen LogP contribution in [0.3, 0.4) is 0 Å². The number of rotatable bonds is 3. The molecule has 1 atom stereocenters. The highest BCUT2D eigenvalue weighted by atomic mass is 32.1. The number of thiocarbonyl (C=S) groups is 1. The van der Waals surface area contributed by atoms with Gasteiger partial charge in [0.15, 0.2) is 0 Å². The minimum Gasteiger partial charge on any atom is -0.445 e. The molecule has 0 radical (unpaired) electrons. The van der Waals surface area contributed by atoms with Crippen LogP contribution in [0.5, 0.6) is 0 Å². The SMILES string of the molecule is O=C(N[C@H]1CCc2ccccc2NC1=S)OCc1ccccc1. The fraction of sp³-hybridized carbons (Fsp3) is 0.222. The Morgan fingerprint density at radius 1 is 1.17 bits per heavy atom. The lowest BCUT2D eigenvalue weighted by Gasteiger charge is -2.17. The third-order valence-electron chi connectivity index (χ3n) is 3.80. The van der Waals surface area contributed by atoms with E-state index in [9.17, 15) is 4.79 Å². The van der Waals surface area contributed by atoms with Crippen LogP contribution < -0.4 is 10.6 Å². The minimum atomic E-state index is -0.450. The second kappa shape index (κ2) is 7.24. The van der Waals surface area contributed by atoms with Gasteiger partial charge in [-0.1, -0.05) is 60.7 Å². The van der Waals surface area contributed by atoms with Crippen LogP contribution in [-0.4, -0.2) is 17.1 Å². The van der Waals surface area contributed by atoms with Gasteiger partial charge < -0.3 is 15.4 Å². The zero-order chi connectivity index (χ0) is 16.1. The summed E-state index contributed by atoms with van der Waals surface area (Å²) in [5.74, 6) is 0. The van der Waals surface area contributed by atoms with Crippen molar-refractivity contribution in [3.63, 3.8) is 0 Å². The third-order valence-corrected chi connectivity index (χ3v) is 4.19. The second-order valence-corrected chi connectivity index (χ2v) is 5.88. The third kappa shape index (κ3) is 4.07. The summed E-state index contributed by atoms with van der Waals surface area (Å²) < 4.78 is 5.26. The van der Waals surface area contributed by atoms with Crippen LogP contribution in [0.4, 0.5) is 10.5 Å². The molecule has 0 saturated heterocycles. The molecule has 2 aromatic carbocycles. The summed E-state index contributed by atoms with van der Waals surface area (Å²) in [4.78, 5) is 12.6. The summed E-state index contributed by atoms with van der Waals surface area (Å²) in [6.45, 7) is 0.250. The normalized spacial score (nSPS) is 16.7. The number of aryl methyl sites for hydroxylation is 1. The molecule has 2 aromatic rings. The van der Waals surface area contributed by atoms with Crippen molar-refractivity contribution in [1.82, 2.24) is 5.32 Å². The van der Waals surface area contributed by atoms with Crippen LogP contribution in [0, 0.1) is 0 Å². The number of amides is 1. The number of nitrogens with one attached hydrogen (secondary N) is 2. The molecule has 3 rings (SSSR count). The standard InChI is InChI=1S/C18H18N2O2S/c21-18(22-12-13-6-2-1-3-7-13)20-16-11-10-14-8-4-5-9-15(14)19-17(16)23/h1-9,16H,10-12H2,(H,19,23)(H,20,21)/t16-/m0/s1. The van der Waals surface area contributed by atoms with Crippen LogP contribution in [-0.2, 0) is 17.8 Å². The number of carbonyl (C=O) groups is 1. The highest BCUT2D eigenvalue weighted by Gasteiger charge is 2.22. The summed E-state index contributed by atoms with van der Waals surface area (Å²) in [7, 11) is 0. The Hall–Kier alpha value is -2.40. The monoisotopic (exact) mass is 326 g/mol. The van der Waals surface area contributed by atoms with Crippen molar-refractivity contribution in [2.75, 3.05) is 5.32 Å². The summed E-state index contributed by atoms with van der Waals surface area (Å²) in [5.41, 5.74) is 3.17. The van der Waals surface area contributed by atoms with Gasteiger partial charge in [0.1, 0.15) is 11.6 Å². The van der Waals surface area contributed by atoms with Gasteiger partial charge in [0.05, 0.1) is 6.04 Å². The number of hydrogen-bond donors (Lipinski definition) is 2. The molecule has 1 aliphatic heterocycles. The van der Waals surface area contributed by atoms with Gasteiger partial charge in [-0.2, -0.15) is 0 Å². The van der Waals surface area contributed by atoms with E-state index in [0.717, 1.165) is 24.1 Å². The number of ether oxygens (including phenoxy) is 1. The van der Waals surface area contributed by atoms with Crippen LogP contribution in [0.25, 0.3) is 0 Å². The number of fused-ring (bicyclic) bond motifs is 1. The molecule has 0 aliphatic carbocycles. The molecule has 5 heteroatoms. The first-order valence-corrected chi connectivity index (χ1v) is 7.99. The van der Waals surface area contributed by atoms with Gasteiger partial charge in [0, 0.05) is 5.69 Å². The summed E-state index contributed by atoms with van der Waals surface area (Å²) in [6.07, 6.45) is 1.16. The summed E-state index contributed by atoms with van der Waals surface area (Å²) in [5, 5.41) is 6.06. The van der Waals surface area contributed by atoms with Crippen molar-refractivity contribution in [2.24, 2.45) is 0 Å². The Labute approximate surface area is 140 Å². The lowest BCUT2D eigenvalue weighted by atomic mass is 10.1. The van der Waals surface area contributed by atoms with Gasteiger partial charge in [-0.15, -0.1) is 0 Å². The zero-order valence-corrected chi connectivity index (χ0v) is 13.4. The number of hydrogen-bond acceptors (Lipinski definition) is 3. The first-order chi connectivity index (χ1) is 11.2. The van der Waals surface area contributed by atoms with Crippen molar-refractivity contribution in [3.05, 3.63) is 65.7 Å². The van der Waals surface area contributed by atoms with Crippen LogP contribution >= 0.6 is 12.2 Å². The van der Waals surface area contributed by atoms with Crippen LogP contribution in [0.15, 0.2) is 54.6 Å². The van der Waals surface area contributed by atoms with Crippen LogP contribution in [0.1, 0.15) is 17.5 Å². The average molecular weight is 326 g/mol. The van der Waals surface area contributed by atoms with Crippen molar-refractivity contribution in [3.8, 4) is 0 Å². The zero-order valence-electron chi connectivity index (χ0n) is 12.6. The predicted molar refractivity (Wildman–Crippen MR) is 94.5 cm³/mol. The molecule has 0 saturated carbocycles. The van der Waals surface area contributed by atoms with E-state index in [1.807, 2.05) is 48.5 Å². The largest absolute Gasteiger partial charge is 0.445 e. The lowest BCUT2D eigenvalue weighted by molar-refractivity contribution is 0.138. The quantitative estimate of drug-likeness (QED) is 0.845. The molecule has 4 nitrogen and oxygen atoms in total. The Morgan fingerprint density at radius 2 is 1.91 bits per heavy atom. The van der Waals surface area contributed by atoms with E-state index in [2.05, 4.69) is 16.7 Å². The van der Waals surface area contributed by atoms with Gasteiger partial charge in [0.2, 0.25) is 0 Å². The molecule has 0 spiro atoms. The van der Waals surface area contributed by atoms with E-state index in [-0.39, 0.29) is 12.6 Å². The molecule has 0 fully saturated rings. The maximum Gasteiger partial charge on any atom is 0.408 e. The average Bonchev–Trinajstić information content (AvgIpc) is 2.73. The van der Waals surface area contributed by atoms with E-state index >= 15 is 0 Å². The number of benzene rings is 2. The minimum absolute atomic E-state index is 0.222. The van der Waals surface area contributed by atoms with E-state index in [0.29, 0.717) is 4.99 Å². The smallest absolute Gasteiger partial charge is 0.408 e. The number of carbonyl (C=O) groups excluding carboxylic acids is 1. The fourth-order valence-electron chi connectivity index (χ4n) is 2.56. The number of anilines is 1. The van der Waals surface area contributed by atoms with E-state index in [1.54, 1.807) is 0 Å². The maximum atomic E-state index is 12.0. The van der Waals surface area contributed by atoms with E-state index < -0.39 is 6.09 Å². The van der Waals surface area contributed by atoms with Crippen LogP contribution in [0.2, 0.25) is 0 Å². The molecule has 0 aromatic heterocycles. The molecule has 1 aliphatic rings. The molecule has 1 amide bonds. The molecular formula is C18H18N2O2S. The first kappa shape index (κ1) is 15.5. The molecule has 0 bridgehead atoms. The Bertz CT molecular complexity index is 703. The topological polar surface area (TPSA) is 50.4 Å². The van der Waals surface area contributed by atoms with Crippen molar-refractivity contribution < 1.29 is 9.53 Å². The first-order valence-electron chi connectivity index (χ1n) is 7.58. The summed E-state index contributed by atoms with van der Waals surface area (Å²) >= 11 is 5.40. The van der Waals surface area contributed by atoms with Gasteiger partial charge >= 0.3 is 6.09 Å². The molecule has 0 unspecified atom stereocenters. The predicted octanol–water partition coefficient (Wildman–Crippen LogP) is 3.67. The van der Waals surface area contributed by atoms with Gasteiger partial charge in [0.25, 0.3) is 0 Å². The van der Waals surface area contributed by atoms with Crippen molar-refractivity contribution in [2.45, 2.75) is 25.5 Å². The number of para-hydroxylation sites is 1. The van der Waals surface area contributed by atoms with Gasteiger partial charge in [-0.3, -0.25) is 0 Å². The maximum absolute atomic E-state index is 12.0. The van der Waals surface area contributed by atoms with Gasteiger partial charge in [-0.25, -0.2) is 4.79 Å². The Kier molecular flexibility index (Phi) is 4.88. The van der Waals surface area contributed by atoms with Gasteiger partial charge in [-0.05, 0) is 30.0 Å². The molecule has 118 valence electrons. The van der Waals surface area contributed by atoms with Crippen molar-refractivity contribution in [1.29, 1.82) is 0 Å². The number of alkyl carbamates (subject to hydrolysis) is 1. The van der Waals surface area contributed by atoms with E-state index in [4.69, 9.17) is 17.0 Å².